The summed E-state index contributed by atoms with van der Waals surface area (Å²) in [6, 6.07) is 14.7. The predicted molar refractivity (Wildman–Crippen MR) is 166 cm³/mol. The number of aliphatic hydroxyl groups excluding tert-OH is 1. The van der Waals surface area contributed by atoms with E-state index < -0.39 is 5.82 Å². The number of carbonyl (C=O) groups excluding carboxylic acids is 1. The number of imidazole rings is 1. The fourth-order valence-electron chi connectivity index (χ4n) is 7.37. The van der Waals surface area contributed by atoms with Gasteiger partial charge < -0.3 is 29.6 Å². The van der Waals surface area contributed by atoms with Crippen molar-refractivity contribution < 1.29 is 19.0 Å². The highest BCUT2D eigenvalue weighted by atomic mass is 19.1. The van der Waals surface area contributed by atoms with Crippen LogP contribution in [0.4, 0.5) is 4.39 Å². The van der Waals surface area contributed by atoms with E-state index in [1.807, 2.05) is 40.8 Å². The first kappa shape index (κ1) is 27.3. The Morgan fingerprint density at radius 3 is 2.66 bits per heavy atom. The molecule has 226 valence electrons. The van der Waals surface area contributed by atoms with Crippen molar-refractivity contribution >= 4 is 28.0 Å². The Morgan fingerprint density at radius 2 is 1.95 bits per heavy atom. The van der Waals surface area contributed by atoms with Gasteiger partial charge in [-0.25, -0.2) is 14.4 Å². The summed E-state index contributed by atoms with van der Waals surface area (Å²) in [4.78, 5) is 25.7. The molecule has 10 heteroatoms. The van der Waals surface area contributed by atoms with Crippen molar-refractivity contribution in [3.05, 3.63) is 65.5 Å². The van der Waals surface area contributed by atoms with E-state index in [2.05, 4.69) is 10.6 Å². The highest BCUT2D eigenvalue weighted by Crippen LogP contribution is 2.40. The van der Waals surface area contributed by atoms with E-state index in [1.54, 1.807) is 25.3 Å². The van der Waals surface area contributed by atoms with Gasteiger partial charge >= 0.3 is 0 Å². The molecule has 5 aromatic rings. The number of piperidine rings is 1. The number of carbonyl (C=O) groups is 1. The molecule has 0 radical (unpaired) electrons. The van der Waals surface area contributed by atoms with Crippen LogP contribution in [0.5, 0.6) is 5.75 Å². The van der Waals surface area contributed by atoms with Gasteiger partial charge in [-0.2, -0.15) is 0 Å². The zero-order valence-corrected chi connectivity index (χ0v) is 24.8. The lowest BCUT2D eigenvalue weighted by Crippen LogP contribution is -2.41. The average Bonchev–Trinajstić information content (AvgIpc) is 3.44. The zero-order chi connectivity index (χ0) is 30.3. The summed E-state index contributed by atoms with van der Waals surface area (Å²) in [6.45, 7) is 1.10. The van der Waals surface area contributed by atoms with Crippen molar-refractivity contribution in [2.75, 3.05) is 13.7 Å². The van der Waals surface area contributed by atoms with Crippen LogP contribution in [-0.2, 0) is 20.2 Å². The first-order valence-electron chi connectivity index (χ1n) is 15.4. The van der Waals surface area contributed by atoms with E-state index in [-0.39, 0.29) is 30.2 Å². The highest BCUT2D eigenvalue weighted by molar-refractivity contribution is 6.00. The summed E-state index contributed by atoms with van der Waals surface area (Å²) < 4.78 is 25.2. The van der Waals surface area contributed by atoms with Crippen molar-refractivity contribution in [3.63, 3.8) is 0 Å². The molecule has 3 aliphatic rings. The number of aliphatic hydroxyl groups is 1. The van der Waals surface area contributed by atoms with Crippen LogP contribution in [0.1, 0.15) is 41.6 Å². The molecule has 0 spiro atoms. The number of amides is 1. The maximum absolute atomic E-state index is 15.2. The number of rotatable bonds is 7. The van der Waals surface area contributed by atoms with E-state index in [1.165, 1.54) is 0 Å². The van der Waals surface area contributed by atoms with Crippen LogP contribution in [0.15, 0.2) is 48.5 Å². The third-order valence-electron chi connectivity index (χ3n) is 9.95. The average molecular weight is 595 g/mol. The number of fused-ring (bicyclic) bond motifs is 4. The van der Waals surface area contributed by atoms with Gasteiger partial charge in [0.05, 0.1) is 30.6 Å². The van der Waals surface area contributed by atoms with Crippen molar-refractivity contribution in [1.82, 2.24) is 24.0 Å². The molecule has 3 atom stereocenters. The second kappa shape index (κ2) is 10.1. The van der Waals surface area contributed by atoms with Crippen LogP contribution in [-0.4, -0.2) is 60.8 Å². The Bertz CT molecular complexity index is 1960. The molecule has 3 N–H and O–H groups in total. The van der Waals surface area contributed by atoms with Crippen molar-refractivity contribution in [3.8, 4) is 28.5 Å². The quantitative estimate of drug-likeness (QED) is 0.278. The van der Waals surface area contributed by atoms with Crippen LogP contribution < -0.4 is 10.5 Å². The molecule has 2 saturated carbocycles. The Hall–Kier alpha value is -4.28. The van der Waals surface area contributed by atoms with Gasteiger partial charge in [0.25, 0.3) is 5.91 Å². The van der Waals surface area contributed by atoms with E-state index in [9.17, 15) is 9.90 Å². The van der Waals surface area contributed by atoms with Gasteiger partial charge in [0.1, 0.15) is 22.7 Å². The molecule has 9 nitrogen and oxygen atoms in total. The summed E-state index contributed by atoms with van der Waals surface area (Å²) >= 11 is 0. The lowest BCUT2D eigenvalue weighted by Gasteiger charge is -2.27. The number of halogens is 1. The predicted octanol–water partition coefficient (Wildman–Crippen LogP) is 4.87. The van der Waals surface area contributed by atoms with Gasteiger partial charge in [-0.15, -0.1) is 0 Å². The molecule has 2 aromatic carbocycles. The standard InChI is InChI=1S/C34H35FN6O3/c1-39-31-25(12-22(14-28(31)44-2)34(43)41-16-20-9-11-26(41)30(20)36)38-33(39)27-13-19-8-10-24(23-5-3-4-21(17-42)29(23)35)37-32(19)40(27)15-18-6-7-18/h3-5,8,10,12-14,18,20,26,30,42H,6-7,9,11,15-17,36H2,1-2H3/t20-,26-,30-/m1/s1. The number of pyridine rings is 1. The Balaban J connectivity index is 1.25. The molecule has 1 amide bonds. The van der Waals surface area contributed by atoms with Crippen LogP contribution >= 0.6 is 0 Å². The third-order valence-corrected chi connectivity index (χ3v) is 9.95. The molecule has 1 aliphatic heterocycles. The number of likely N-dealkylation sites (tertiary alicyclic amines) is 1. The number of nitrogens with zero attached hydrogens (tertiary/aromatic N) is 5. The van der Waals surface area contributed by atoms with Gasteiger partial charge in [-0.05, 0) is 73.9 Å². The Kier molecular flexibility index (Phi) is 6.29. The molecule has 2 bridgehead atoms. The summed E-state index contributed by atoms with van der Waals surface area (Å²) in [5.74, 6) is 1.74. The van der Waals surface area contributed by atoms with E-state index in [0.717, 1.165) is 60.3 Å². The molecule has 2 aliphatic carbocycles. The number of aromatic nitrogens is 4. The van der Waals surface area contributed by atoms with E-state index >= 15 is 4.39 Å². The fraction of sp³-hybridized carbons (Fsp3) is 0.382. The number of nitrogens with two attached hydrogens (primary N) is 1. The summed E-state index contributed by atoms with van der Waals surface area (Å²) in [5.41, 5.74) is 11.2. The monoisotopic (exact) mass is 594 g/mol. The normalized spacial score (nSPS) is 21.2. The second-order valence-corrected chi connectivity index (χ2v) is 12.6. The van der Waals surface area contributed by atoms with Gasteiger partial charge in [-0.1, -0.05) is 12.1 Å². The number of benzene rings is 2. The molecular weight excluding hydrogens is 559 g/mol. The van der Waals surface area contributed by atoms with Crippen LogP contribution in [0, 0.1) is 17.7 Å². The van der Waals surface area contributed by atoms with Gasteiger partial charge in [0, 0.05) is 54.3 Å². The number of aryl methyl sites for hydroxylation is 1. The molecule has 3 fully saturated rings. The SMILES string of the molecule is COc1cc(C(=O)N2C[C@H]3CC[C@@H]2[C@@H]3N)cc2nc(-c3cc4ccc(-c5cccc(CO)c5F)nc4n3CC3CC3)n(C)c12. The van der Waals surface area contributed by atoms with E-state index in [4.69, 9.17) is 20.4 Å². The maximum atomic E-state index is 15.2. The minimum atomic E-state index is -0.459. The first-order valence-corrected chi connectivity index (χ1v) is 15.4. The molecule has 8 rings (SSSR count). The summed E-state index contributed by atoms with van der Waals surface area (Å²) in [6.07, 6.45) is 4.33. The second-order valence-electron chi connectivity index (χ2n) is 12.6. The van der Waals surface area contributed by atoms with Gasteiger partial charge in [-0.3, -0.25) is 4.79 Å². The van der Waals surface area contributed by atoms with Crippen molar-refractivity contribution in [2.45, 2.75) is 50.9 Å². The van der Waals surface area contributed by atoms with Gasteiger partial charge in [0.15, 0.2) is 5.82 Å². The number of ether oxygens (including phenoxy) is 1. The number of hydrogen-bond donors (Lipinski definition) is 2. The Labute approximate surface area is 254 Å². The Morgan fingerprint density at radius 1 is 1.11 bits per heavy atom. The fourth-order valence-corrected chi connectivity index (χ4v) is 7.37. The molecule has 1 saturated heterocycles. The summed E-state index contributed by atoms with van der Waals surface area (Å²) in [7, 11) is 3.57. The van der Waals surface area contributed by atoms with Crippen molar-refractivity contribution in [2.24, 2.45) is 24.6 Å². The molecular formula is C34H35FN6O3. The molecule has 0 unspecified atom stereocenters. The largest absolute Gasteiger partial charge is 0.494 e. The van der Waals surface area contributed by atoms with Crippen LogP contribution in [0.25, 0.3) is 44.8 Å². The minimum absolute atomic E-state index is 0.0304. The molecule has 44 heavy (non-hydrogen) atoms. The topological polar surface area (TPSA) is 111 Å². The summed E-state index contributed by atoms with van der Waals surface area (Å²) in [5, 5.41) is 10.5. The van der Waals surface area contributed by atoms with Gasteiger partial charge in [0.2, 0.25) is 0 Å². The van der Waals surface area contributed by atoms with Crippen LogP contribution in [0.2, 0.25) is 0 Å². The molecule has 4 heterocycles. The lowest BCUT2D eigenvalue weighted by atomic mass is 10.1. The lowest BCUT2D eigenvalue weighted by molar-refractivity contribution is 0.0700. The third kappa shape index (κ3) is 4.15. The number of methoxy groups -OCH3 is 1. The van der Waals surface area contributed by atoms with Crippen LogP contribution in [0.3, 0.4) is 0 Å². The maximum Gasteiger partial charge on any atom is 0.254 e. The highest BCUT2D eigenvalue weighted by Gasteiger charge is 2.47. The first-order chi connectivity index (χ1) is 21.4. The minimum Gasteiger partial charge on any atom is -0.494 e. The zero-order valence-electron chi connectivity index (χ0n) is 24.8. The van der Waals surface area contributed by atoms with Crippen molar-refractivity contribution in [1.29, 1.82) is 0 Å². The number of hydrogen-bond acceptors (Lipinski definition) is 6. The molecule has 3 aromatic heterocycles. The van der Waals surface area contributed by atoms with E-state index in [0.29, 0.717) is 46.5 Å². The smallest absolute Gasteiger partial charge is 0.254 e.